The Bertz CT molecular complexity index is 398. The number of hydrogen-bond acceptors (Lipinski definition) is 2. The maximum atomic E-state index is 12.9. The van der Waals surface area contributed by atoms with Crippen molar-refractivity contribution in [1.82, 2.24) is 0 Å². The molecule has 0 unspecified atom stereocenters. The molecule has 0 amide bonds. The molecular weight excluding hydrogens is 205 g/mol. The molecule has 0 spiro atoms. The van der Waals surface area contributed by atoms with Gasteiger partial charge in [0.15, 0.2) is 5.78 Å². The third-order valence-electron chi connectivity index (χ3n) is 1.71. The molecule has 0 saturated heterocycles. The van der Waals surface area contributed by atoms with Crippen molar-refractivity contribution in [3.8, 4) is 6.07 Å². The number of Topliss-reactive ketones (excluding diaryl/α,β-unsaturated/α-hetero) is 1. The number of ketones is 1. The van der Waals surface area contributed by atoms with Gasteiger partial charge >= 0.3 is 0 Å². The highest BCUT2D eigenvalue weighted by Crippen LogP contribution is 2.16. The molecule has 4 heteroatoms. The smallest absolute Gasteiger partial charge is 0.164 e. The second-order valence-electron chi connectivity index (χ2n) is 2.71. The molecule has 0 aliphatic heterocycles. The Kier molecular flexibility index (Phi) is 3.61. The Labute approximate surface area is 85.9 Å². The zero-order valence-electron chi connectivity index (χ0n) is 7.26. The summed E-state index contributed by atoms with van der Waals surface area (Å²) in [6.07, 6.45) is 0.251. The number of halogens is 2. The lowest BCUT2D eigenvalue weighted by Gasteiger charge is -1.99. The number of carbonyl (C=O) groups is 1. The highest BCUT2D eigenvalue weighted by Gasteiger charge is 2.08. The summed E-state index contributed by atoms with van der Waals surface area (Å²) in [5.74, 6) is -0.864. The second kappa shape index (κ2) is 4.73. The van der Waals surface area contributed by atoms with Gasteiger partial charge in [-0.15, -0.1) is 0 Å². The molecule has 2 nitrogen and oxygen atoms in total. The third kappa shape index (κ3) is 2.54. The van der Waals surface area contributed by atoms with Gasteiger partial charge < -0.3 is 0 Å². The van der Waals surface area contributed by atoms with Crippen molar-refractivity contribution in [1.29, 1.82) is 5.26 Å². The summed E-state index contributed by atoms with van der Waals surface area (Å²) in [7, 11) is 0. The monoisotopic (exact) mass is 211 g/mol. The molecule has 0 N–H and O–H groups in total. The molecule has 0 fully saturated rings. The van der Waals surface area contributed by atoms with E-state index >= 15 is 0 Å². The summed E-state index contributed by atoms with van der Waals surface area (Å²) in [5, 5.41) is 8.25. The number of benzene rings is 1. The predicted octanol–water partition coefficient (Wildman–Crippen LogP) is 2.97. The van der Waals surface area contributed by atoms with Crippen molar-refractivity contribution in [2.75, 3.05) is 0 Å². The van der Waals surface area contributed by atoms with Crippen molar-refractivity contribution in [2.24, 2.45) is 0 Å². The summed E-state index contributed by atoms with van der Waals surface area (Å²) in [4.78, 5) is 11.3. The zero-order chi connectivity index (χ0) is 10.6. The van der Waals surface area contributed by atoms with Crippen LogP contribution in [-0.2, 0) is 0 Å². The van der Waals surface area contributed by atoms with Crippen LogP contribution in [-0.4, -0.2) is 5.78 Å². The van der Waals surface area contributed by atoms with Crippen LogP contribution in [0.3, 0.4) is 0 Å². The van der Waals surface area contributed by atoms with Gasteiger partial charge in [-0.3, -0.25) is 4.79 Å². The number of carbonyl (C=O) groups excluding carboxylic acids is 1. The standard InChI is InChI=1S/C10H7ClFNO/c11-8-4-3-7(6-9(8)12)10(14)2-1-5-13/h3-4,6H,1-2H2. The minimum atomic E-state index is -0.616. The fraction of sp³-hybridized carbons (Fsp3) is 0.200. The summed E-state index contributed by atoms with van der Waals surface area (Å²) in [6.45, 7) is 0. The van der Waals surface area contributed by atoms with E-state index in [2.05, 4.69) is 0 Å². The van der Waals surface area contributed by atoms with Crippen molar-refractivity contribution < 1.29 is 9.18 Å². The molecule has 0 radical (unpaired) electrons. The number of nitrogens with zero attached hydrogens (tertiary/aromatic N) is 1. The average molecular weight is 212 g/mol. The van der Waals surface area contributed by atoms with Gasteiger partial charge in [0.25, 0.3) is 0 Å². The van der Waals surface area contributed by atoms with Gasteiger partial charge in [-0.2, -0.15) is 5.26 Å². The largest absolute Gasteiger partial charge is 0.294 e. The summed E-state index contributed by atoms with van der Waals surface area (Å²) >= 11 is 5.45. The Morgan fingerprint density at radius 3 is 2.86 bits per heavy atom. The van der Waals surface area contributed by atoms with Crippen molar-refractivity contribution in [3.05, 3.63) is 34.6 Å². The maximum Gasteiger partial charge on any atom is 0.164 e. The number of hydrogen-bond donors (Lipinski definition) is 0. The second-order valence-corrected chi connectivity index (χ2v) is 3.12. The van der Waals surface area contributed by atoms with Gasteiger partial charge in [-0.1, -0.05) is 11.6 Å². The predicted molar refractivity (Wildman–Crippen MR) is 50.6 cm³/mol. The van der Waals surface area contributed by atoms with Crippen LogP contribution in [0.25, 0.3) is 0 Å². The molecule has 1 rings (SSSR count). The summed E-state index contributed by atoms with van der Waals surface area (Å²) in [6, 6.07) is 5.72. The molecule has 0 aromatic heterocycles. The quantitative estimate of drug-likeness (QED) is 0.722. The molecule has 0 aliphatic carbocycles. The molecular formula is C10H7ClFNO. The van der Waals surface area contributed by atoms with Crippen LogP contribution in [0.15, 0.2) is 18.2 Å². The van der Waals surface area contributed by atoms with E-state index < -0.39 is 5.82 Å². The molecule has 1 aromatic rings. The lowest BCUT2D eigenvalue weighted by atomic mass is 10.1. The van der Waals surface area contributed by atoms with Crippen LogP contribution in [0.5, 0.6) is 0 Å². The Morgan fingerprint density at radius 1 is 1.57 bits per heavy atom. The van der Waals surface area contributed by atoms with Gasteiger partial charge in [0.05, 0.1) is 11.1 Å². The normalized spacial score (nSPS) is 9.50. The SMILES string of the molecule is N#CCCC(=O)c1ccc(Cl)c(F)c1. The fourth-order valence-corrected chi connectivity index (χ4v) is 1.10. The van der Waals surface area contributed by atoms with Gasteiger partial charge in [0.1, 0.15) is 5.82 Å². The van der Waals surface area contributed by atoms with Gasteiger partial charge in [-0.05, 0) is 18.2 Å². The first-order chi connectivity index (χ1) is 6.65. The topological polar surface area (TPSA) is 40.9 Å². The molecule has 1 aromatic carbocycles. The summed E-state index contributed by atoms with van der Waals surface area (Å²) < 4.78 is 12.9. The molecule has 0 aliphatic rings. The lowest BCUT2D eigenvalue weighted by molar-refractivity contribution is 0.0983. The average Bonchev–Trinajstić information content (AvgIpc) is 2.18. The van der Waals surface area contributed by atoms with E-state index in [1.165, 1.54) is 12.1 Å². The van der Waals surface area contributed by atoms with Gasteiger partial charge in [0, 0.05) is 18.4 Å². The van der Waals surface area contributed by atoms with Crippen LogP contribution in [0, 0.1) is 17.1 Å². The van der Waals surface area contributed by atoms with Gasteiger partial charge in [-0.25, -0.2) is 4.39 Å². The first-order valence-corrected chi connectivity index (χ1v) is 4.38. The highest BCUT2D eigenvalue weighted by molar-refractivity contribution is 6.30. The van der Waals surface area contributed by atoms with Crippen LogP contribution in [0.2, 0.25) is 5.02 Å². The molecule has 0 bridgehead atoms. The van der Waals surface area contributed by atoms with E-state index in [0.29, 0.717) is 0 Å². The Hall–Kier alpha value is -1.40. The van der Waals surface area contributed by atoms with Crippen LogP contribution < -0.4 is 0 Å². The van der Waals surface area contributed by atoms with Crippen molar-refractivity contribution in [2.45, 2.75) is 12.8 Å². The van der Waals surface area contributed by atoms with E-state index in [4.69, 9.17) is 16.9 Å². The van der Waals surface area contributed by atoms with Crippen molar-refractivity contribution in [3.63, 3.8) is 0 Å². The molecule has 0 heterocycles. The Balaban J connectivity index is 2.82. The third-order valence-corrected chi connectivity index (χ3v) is 2.01. The zero-order valence-corrected chi connectivity index (χ0v) is 8.01. The minimum Gasteiger partial charge on any atom is -0.294 e. The minimum absolute atomic E-state index is 0.0122. The van der Waals surface area contributed by atoms with Crippen LogP contribution >= 0.6 is 11.6 Å². The maximum absolute atomic E-state index is 12.9. The van der Waals surface area contributed by atoms with E-state index in [-0.39, 0.29) is 29.2 Å². The first-order valence-electron chi connectivity index (χ1n) is 4.00. The van der Waals surface area contributed by atoms with E-state index in [1.54, 1.807) is 0 Å². The molecule has 72 valence electrons. The first kappa shape index (κ1) is 10.7. The fourth-order valence-electron chi connectivity index (χ4n) is 0.983. The van der Waals surface area contributed by atoms with Gasteiger partial charge in [0.2, 0.25) is 0 Å². The molecule has 0 atom stereocenters. The van der Waals surface area contributed by atoms with Crippen LogP contribution in [0.1, 0.15) is 23.2 Å². The molecule has 0 saturated carbocycles. The highest BCUT2D eigenvalue weighted by atomic mass is 35.5. The number of nitriles is 1. The number of rotatable bonds is 3. The lowest BCUT2D eigenvalue weighted by Crippen LogP contribution is -1.98. The Morgan fingerprint density at radius 2 is 2.29 bits per heavy atom. The van der Waals surface area contributed by atoms with Crippen molar-refractivity contribution >= 4 is 17.4 Å². The van der Waals surface area contributed by atoms with E-state index in [0.717, 1.165) is 6.07 Å². The van der Waals surface area contributed by atoms with E-state index in [1.807, 2.05) is 6.07 Å². The summed E-state index contributed by atoms with van der Waals surface area (Å²) in [5.41, 5.74) is 0.252. The molecule has 14 heavy (non-hydrogen) atoms. The van der Waals surface area contributed by atoms with E-state index in [9.17, 15) is 9.18 Å². The van der Waals surface area contributed by atoms with Crippen LogP contribution in [0.4, 0.5) is 4.39 Å².